The van der Waals surface area contributed by atoms with Crippen LogP contribution in [0.3, 0.4) is 0 Å². The highest BCUT2D eigenvalue weighted by Crippen LogP contribution is 2.24. The Morgan fingerprint density at radius 2 is 1.56 bits per heavy atom. The lowest BCUT2D eigenvalue weighted by Crippen LogP contribution is -2.41. The topological polar surface area (TPSA) is 44.8 Å². The monoisotopic (exact) mass is 339 g/mol. The van der Waals surface area contributed by atoms with Crippen molar-refractivity contribution in [3.63, 3.8) is 0 Å². The van der Waals surface area contributed by atoms with Crippen LogP contribution < -0.4 is 10.4 Å². The number of hydroxylamine groups is 2. The van der Waals surface area contributed by atoms with Crippen LogP contribution in [0.15, 0.2) is 60.7 Å². The van der Waals surface area contributed by atoms with E-state index in [9.17, 15) is 4.79 Å². The van der Waals surface area contributed by atoms with Gasteiger partial charge in [-0.3, -0.25) is 15.2 Å². The number of amides is 1. The van der Waals surface area contributed by atoms with E-state index in [0.717, 1.165) is 37.3 Å². The third-order valence-corrected chi connectivity index (χ3v) is 4.57. The summed E-state index contributed by atoms with van der Waals surface area (Å²) in [4.78, 5) is 17.9. The summed E-state index contributed by atoms with van der Waals surface area (Å²) in [6.07, 6.45) is 2.50. The first-order valence-electron chi connectivity index (χ1n) is 8.75. The summed E-state index contributed by atoms with van der Waals surface area (Å²) >= 11 is 0. The third-order valence-electron chi connectivity index (χ3n) is 4.57. The number of nitrogens with one attached hydrogen (secondary N) is 1. The van der Waals surface area contributed by atoms with Crippen molar-refractivity contribution in [2.24, 2.45) is 5.92 Å². The number of carbonyl (C=O) groups is 1. The molecule has 1 N–H and O–H groups in total. The molecule has 1 aliphatic rings. The molecule has 1 aliphatic heterocycles. The number of rotatable bonds is 6. The van der Waals surface area contributed by atoms with Crippen LogP contribution in [0, 0.1) is 5.92 Å². The van der Waals surface area contributed by atoms with E-state index in [1.807, 2.05) is 70.7 Å². The number of hydrazine groups is 1. The lowest BCUT2D eigenvalue weighted by molar-refractivity contribution is -0.149. The Labute approximate surface area is 149 Å². The summed E-state index contributed by atoms with van der Waals surface area (Å²) in [5, 5.41) is 3.81. The molecule has 1 fully saturated rings. The molecule has 1 saturated heterocycles. The van der Waals surface area contributed by atoms with E-state index in [0.29, 0.717) is 12.3 Å². The van der Waals surface area contributed by atoms with Crippen molar-refractivity contribution in [1.82, 2.24) is 10.5 Å². The predicted octanol–water partition coefficient (Wildman–Crippen LogP) is 3.52. The molecule has 2 aromatic rings. The van der Waals surface area contributed by atoms with Gasteiger partial charge in [0.25, 0.3) is 0 Å². The van der Waals surface area contributed by atoms with Crippen LogP contribution in [-0.2, 0) is 9.63 Å². The van der Waals surface area contributed by atoms with Crippen molar-refractivity contribution in [3.05, 3.63) is 60.7 Å². The largest absolute Gasteiger partial charge is 0.302 e. The van der Waals surface area contributed by atoms with Gasteiger partial charge in [-0.25, -0.2) is 0 Å². The van der Waals surface area contributed by atoms with Gasteiger partial charge < -0.3 is 4.84 Å². The minimum Gasteiger partial charge on any atom is -0.302 e. The van der Waals surface area contributed by atoms with Crippen LogP contribution in [0.25, 0.3) is 0 Å². The molecule has 0 aliphatic carbocycles. The summed E-state index contributed by atoms with van der Waals surface area (Å²) in [7, 11) is 1.70. The summed E-state index contributed by atoms with van der Waals surface area (Å²) in [5.74, 6) is 0.448. The molecule has 2 aromatic carbocycles. The van der Waals surface area contributed by atoms with Crippen molar-refractivity contribution >= 4 is 17.3 Å². The summed E-state index contributed by atoms with van der Waals surface area (Å²) in [6, 6.07) is 19.8. The van der Waals surface area contributed by atoms with E-state index in [1.54, 1.807) is 7.11 Å². The van der Waals surface area contributed by atoms with E-state index < -0.39 is 0 Å². The van der Waals surface area contributed by atoms with Crippen LogP contribution >= 0.6 is 0 Å². The van der Waals surface area contributed by atoms with Gasteiger partial charge in [0.2, 0.25) is 5.91 Å². The van der Waals surface area contributed by atoms with Crippen LogP contribution in [0.2, 0.25) is 0 Å². The maximum atomic E-state index is 12.6. The van der Waals surface area contributed by atoms with E-state index in [1.165, 1.54) is 0 Å². The second-order valence-corrected chi connectivity index (χ2v) is 6.30. The van der Waals surface area contributed by atoms with Gasteiger partial charge in [0, 0.05) is 19.5 Å². The first-order valence-corrected chi connectivity index (χ1v) is 8.75. The molecule has 132 valence electrons. The fourth-order valence-electron chi connectivity index (χ4n) is 3.16. The summed E-state index contributed by atoms with van der Waals surface area (Å²) < 4.78 is 0. The number of para-hydroxylation sites is 2. The second-order valence-electron chi connectivity index (χ2n) is 6.30. The minimum absolute atomic E-state index is 0.0450. The molecule has 0 spiro atoms. The lowest BCUT2D eigenvalue weighted by Gasteiger charge is -2.31. The molecular formula is C20H25N3O2. The van der Waals surface area contributed by atoms with Crippen LogP contribution in [0.1, 0.15) is 19.3 Å². The highest BCUT2D eigenvalue weighted by atomic mass is 16.7. The van der Waals surface area contributed by atoms with E-state index >= 15 is 0 Å². The molecule has 5 heteroatoms. The highest BCUT2D eigenvalue weighted by Gasteiger charge is 2.22. The molecule has 5 nitrogen and oxygen atoms in total. The number of hydrogen-bond donors (Lipinski definition) is 1. The maximum absolute atomic E-state index is 12.6. The fraction of sp³-hybridized carbons (Fsp3) is 0.350. The molecule has 0 radical (unpaired) electrons. The van der Waals surface area contributed by atoms with E-state index in [-0.39, 0.29) is 5.91 Å². The van der Waals surface area contributed by atoms with Gasteiger partial charge >= 0.3 is 0 Å². The van der Waals surface area contributed by atoms with Crippen molar-refractivity contribution < 1.29 is 9.63 Å². The van der Waals surface area contributed by atoms with E-state index in [2.05, 4.69) is 5.43 Å². The first kappa shape index (κ1) is 17.5. The number of nitrogens with zero attached hydrogens (tertiary/aromatic N) is 2. The van der Waals surface area contributed by atoms with Crippen molar-refractivity contribution in [3.8, 4) is 0 Å². The molecule has 25 heavy (non-hydrogen) atoms. The van der Waals surface area contributed by atoms with Gasteiger partial charge in [-0.1, -0.05) is 36.4 Å². The molecule has 1 heterocycles. The van der Waals surface area contributed by atoms with Gasteiger partial charge in [0.1, 0.15) is 0 Å². The molecule has 0 unspecified atom stereocenters. The van der Waals surface area contributed by atoms with E-state index in [4.69, 9.17) is 4.84 Å². The smallest absolute Gasteiger partial charge is 0.239 e. The van der Waals surface area contributed by atoms with Crippen molar-refractivity contribution in [2.75, 3.05) is 25.2 Å². The van der Waals surface area contributed by atoms with Crippen LogP contribution in [0.5, 0.6) is 0 Å². The average Bonchev–Trinajstić information content (AvgIpc) is 2.68. The Bertz CT molecular complexity index is 616. The number of carbonyl (C=O) groups excluding carboxylic acids is 1. The minimum atomic E-state index is 0.0450. The Balaban J connectivity index is 1.65. The fourth-order valence-corrected chi connectivity index (χ4v) is 3.16. The van der Waals surface area contributed by atoms with Gasteiger partial charge in [0.05, 0.1) is 18.5 Å². The highest BCUT2D eigenvalue weighted by molar-refractivity contribution is 5.80. The maximum Gasteiger partial charge on any atom is 0.239 e. The average molecular weight is 339 g/mol. The van der Waals surface area contributed by atoms with Gasteiger partial charge in [-0.2, -0.15) is 5.06 Å². The molecule has 0 atom stereocenters. The summed E-state index contributed by atoms with van der Waals surface area (Å²) in [6.45, 7) is 1.77. The number of anilines is 2. The second kappa shape index (κ2) is 8.65. The SMILES string of the molecule is CON1CCC(CC(=O)NN(c2ccccc2)c2ccccc2)CC1. The zero-order valence-corrected chi connectivity index (χ0v) is 14.6. The summed E-state index contributed by atoms with van der Waals surface area (Å²) in [5.41, 5.74) is 4.95. The number of hydrogen-bond acceptors (Lipinski definition) is 4. The standard InChI is InChI=1S/C20H25N3O2/c1-25-22-14-12-17(13-15-22)16-20(24)21-23(18-8-4-2-5-9-18)19-10-6-3-7-11-19/h2-11,17H,12-16H2,1H3,(H,21,24). The molecule has 0 aromatic heterocycles. The van der Waals surface area contributed by atoms with Gasteiger partial charge in [0.15, 0.2) is 0 Å². The van der Waals surface area contributed by atoms with Gasteiger partial charge in [-0.05, 0) is 43.0 Å². The number of piperidine rings is 1. The molecule has 3 rings (SSSR count). The van der Waals surface area contributed by atoms with Gasteiger partial charge in [-0.15, -0.1) is 0 Å². The zero-order valence-electron chi connectivity index (χ0n) is 14.6. The first-order chi connectivity index (χ1) is 12.3. The molecule has 0 saturated carbocycles. The Hall–Kier alpha value is -2.37. The Morgan fingerprint density at radius 3 is 2.04 bits per heavy atom. The number of benzene rings is 2. The Morgan fingerprint density at radius 1 is 1.04 bits per heavy atom. The zero-order chi connectivity index (χ0) is 17.5. The van der Waals surface area contributed by atoms with Crippen LogP contribution in [-0.4, -0.2) is 31.2 Å². The third kappa shape index (κ3) is 4.81. The van der Waals surface area contributed by atoms with Crippen molar-refractivity contribution in [2.45, 2.75) is 19.3 Å². The van der Waals surface area contributed by atoms with Crippen molar-refractivity contribution in [1.29, 1.82) is 0 Å². The van der Waals surface area contributed by atoms with Crippen LogP contribution in [0.4, 0.5) is 11.4 Å². The Kier molecular flexibility index (Phi) is 6.04. The normalized spacial score (nSPS) is 15.7. The molecule has 1 amide bonds. The quantitative estimate of drug-likeness (QED) is 0.818. The molecule has 0 bridgehead atoms. The predicted molar refractivity (Wildman–Crippen MR) is 99.1 cm³/mol. The molecular weight excluding hydrogens is 314 g/mol. The lowest BCUT2D eigenvalue weighted by atomic mass is 9.94.